The quantitative estimate of drug-likeness (QED) is 0.776. The molecule has 1 aromatic heterocycles. The van der Waals surface area contributed by atoms with E-state index >= 15 is 0 Å². The highest BCUT2D eigenvalue weighted by atomic mass is 16.5. The fourth-order valence-electron chi connectivity index (χ4n) is 1.06. The topological polar surface area (TPSA) is 74.4 Å². The number of rotatable bonds is 4. The molecule has 0 unspecified atom stereocenters. The van der Waals surface area contributed by atoms with Crippen molar-refractivity contribution < 1.29 is 14.3 Å². The lowest BCUT2D eigenvalue weighted by atomic mass is 10.2. The lowest BCUT2D eigenvalue weighted by molar-refractivity contribution is -0.139. The summed E-state index contributed by atoms with van der Waals surface area (Å²) in [5.41, 5.74) is 6.81. The highest BCUT2D eigenvalue weighted by molar-refractivity contribution is 5.73. The summed E-state index contributed by atoms with van der Waals surface area (Å²) in [7, 11) is 2.87. The van der Waals surface area contributed by atoms with Gasteiger partial charge in [-0.2, -0.15) is 0 Å². The molecule has 0 bridgehead atoms. The second-order valence-corrected chi connectivity index (χ2v) is 3.01. The van der Waals surface area contributed by atoms with Crippen LogP contribution in [0.5, 0.6) is 5.88 Å². The number of methoxy groups -OCH3 is 2. The van der Waals surface area contributed by atoms with Crippen molar-refractivity contribution in [3.05, 3.63) is 23.9 Å². The van der Waals surface area contributed by atoms with Crippen LogP contribution in [0.3, 0.4) is 0 Å². The standard InChI is InChI=1S/C11H14N2O3/c1-15-10-7-6-8(12)9(13-10)4-3-5-11(14)16-2/h3-4,6-7H,5,12H2,1-2H3. The van der Waals surface area contributed by atoms with E-state index in [4.69, 9.17) is 10.5 Å². The van der Waals surface area contributed by atoms with Crippen LogP contribution in [-0.2, 0) is 9.53 Å². The number of carbonyl (C=O) groups is 1. The minimum Gasteiger partial charge on any atom is -0.481 e. The summed E-state index contributed by atoms with van der Waals surface area (Å²) < 4.78 is 9.46. The van der Waals surface area contributed by atoms with Crippen molar-refractivity contribution in [2.45, 2.75) is 6.42 Å². The number of pyridine rings is 1. The molecular formula is C11H14N2O3. The van der Waals surface area contributed by atoms with Crippen molar-refractivity contribution in [1.29, 1.82) is 0 Å². The maximum atomic E-state index is 10.9. The number of nitrogen functional groups attached to an aromatic ring is 1. The Balaban J connectivity index is 2.75. The van der Waals surface area contributed by atoms with Crippen molar-refractivity contribution in [3.8, 4) is 5.88 Å². The molecule has 16 heavy (non-hydrogen) atoms. The molecule has 1 aromatic rings. The molecule has 5 nitrogen and oxygen atoms in total. The van der Waals surface area contributed by atoms with Gasteiger partial charge in [0.15, 0.2) is 0 Å². The Morgan fingerprint density at radius 1 is 1.50 bits per heavy atom. The summed E-state index contributed by atoms with van der Waals surface area (Å²) in [6.07, 6.45) is 3.49. The van der Waals surface area contributed by atoms with Crippen LogP contribution in [-0.4, -0.2) is 25.2 Å². The number of hydrogen-bond acceptors (Lipinski definition) is 5. The van der Waals surface area contributed by atoms with Gasteiger partial charge in [0, 0.05) is 6.07 Å². The van der Waals surface area contributed by atoms with Gasteiger partial charge in [-0.15, -0.1) is 0 Å². The number of ether oxygens (including phenoxy) is 2. The van der Waals surface area contributed by atoms with Gasteiger partial charge in [-0.25, -0.2) is 4.98 Å². The Morgan fingerprint density at radius 2 is 2.25 bits per heavy atom. The SMILES string of the molecule is COC(=O)CC=Cc1nc(OC)ccc1N. The first-order valence-electron chi connectivity index (χ1n) is 4.71. The van der Waals surface area contributed by atoms with Crippen LogP contribution >= 0.6 is 0 Å². The lowest BCUT2D eigenvalue weighted by Gasteiger charge is -2.02. The Kier molecular flexibility index (Phi) is 4.32. The molecule has 86 valence electrons. The fourth-order valence-corrected chi connectivity index (χ4v) is 1.06. The number of nitrogens with two attached hydrogens (primary N) is 1. The number of carbonyl (C=O) groups excluding carboxylic acids is 1. The van der Waals surface area contributed by atoms with Crippen molar-refractivity contribution in [2.75, 3.05) is 20.0 Å². The summed E-state index contributed by atoms with van der Waals surface area (Å²) in [6.45, 7) is 0. The number of hydrogen-bond donors (Lipinski definition) is 1. The van der Waals surface area contributed by atoms with Gasteiger partial charge in [0.2, 0.25) is 5.88 Å². The smallest absolute Gasteiger partial charge is 0.309 e. The first-order chi connectivity index (χ1) is 7.67. The van der Waals surface area contributed by atoms with E-state index in [-0.39, 0.29) is 12.4 Å². The number of aromatic nitrogens is 1. The Bertz CT molecular complexity index is 402. The van der Waals surface area contributed by atoms with E-state index in [9.17, 15) is 4.79 Å². The third-order valence-electron chi connectivity index (χ3n) is 1.93. The Morgan fingerprint density at radius 3 is 2.88 bits per heavy atom. The fraction of sp³-hybridized carbons (Fsp3) is 0.273. The monoisotopic (exact) mass is 222 g/mol. The molecule has 0 amide bonds. The summed E-state index contributed by atoms with van der Waals surface area (Å²) in [6, 6.07) is 3.37. The van der Waals surface area contributed by atoms with Gasteiger partial charge in [-0.3, -0.25) is 4.79 Å². The van der Waals surface area contributed by atoms with Crippen LogP contribution in [0.25, 0.3) is 6.08 Å². The van der Waals surface area contributed by atoms with E-state index in [1.54, 1.807) is 24.3 Å². The molecule has 0 aliphatic carbocycles. The molecule has 0 saturated carbocycles. The van der Waals surface area contributed by atoms with E-state index in [0.717, 1.165) is 0 Å². The molecule has 5 heteroatoms. The molecule has 0 aliphatic rings. The zero-order chi connectivity index (χ0) is 12.0. The predicted octanol–water partition coefficient (Wildman–Crippen LogP) is 1.25. The minimum absolute atomic E-state index is 0.189. The summed E-state index contributed by atoms with van der Waals surface area (Å²) in [5.74, 6) is 0.171. The van der Waals surface area contributed by atoms with Crippen molar-refractivity contribution in [1.82, 2.24) is 4.98 Å². The normalized spacial score (nSPS) is 10.4. The molecule has 0 radical (unpaired) electrons. The molecule has 0 saturated heterocycles. The van der Waals surface area contributed by atoms with E-state index in [1.807, 2.05) is 0 Å². The minimum atomic E-state index is -0.308. The van der Waals surface area contributed by atoms with Gasteiger partial charge >= 0.3 is 5.97 Å². The molecule has 0 atom stereocenters. The maximum Gasteiger partial charge on any atom is 0.309 e. The highest BCUT2D eigenvalue weighted by Crippen LogP contribution is 2.16. The Labute approximate surface area is 93.9 Å². The second-order valence-electron chi connectivity index (χ2n) is 3.01. The van der Waals surface area contributed by atoms with Gasteiger partial charge in [0.25, 0.3) is 0 Å². The van der Waals surface area contributed by atoms with Gasteiger partial charge in [-0.1, -0.05) is 6.08 Å². The van der Waals surface area contributed by atoms with Crippen LogP contribution in [0.1, 0.15) is 12.1 Å². The molecule has 1 rings (SSSR count). The van der Waals surface area contributed by atoms with Crippen molar-refractivity contribution >= 4 is 17.7 Å². The average Bonchev–Trinajstić information content (AvgIpc) is 2.31. The highest BCUT2D eigenvalue weighted by Gasteiger charge is 2.00. The molecule has 0 aliphatic heterocycles. The van der Waals surface area contributed by atoms with Gasteiger partial charge in [-0.05, 0) is 12.1 Å². The van der Waals surface area contributed by atoms with Crippen molar-refractivity contribution in [3.63, 3.8) is 0 Å². The number of anilines is 1. The van der Waals surface area contributed by atoms with Crippen LogP contribution < -0.4 is 10.5 Å². The van der Waals surface area contributed by atoms with Crippen LogP contribution in [0, 0.1) is 0 Å². The van der Waals surface area contributed by atoms with Gasteiger partial charge < -0.3 is 15.2 Å². The zero-order valence-electron chi connectivity index (χ0n) is 9.27. The van der Waals surface area contributed by atoms with Crippen LogP contribution in [0.4, 0.5) is 5.69 Å². The van der Waals surface area contributed by atoms with E-state index in [1.165, 1.54) is 14.2 Å². The lowest BCUT2D eigenvalue weighted by Crippen LogP contribution is -1.98. The van der Waals surface area contributed by atoms with Crippen LogP contribution in [0.15, 0.2) is 18.2 Å². The zero-order valence-corrected chi connectivity index (χ0v) is 9.27. The third-order valence-corrected chi connectivity index (χ3v) is 1.93. The van der Waals surface area contributed by atoms with Crippen LogP contribution in [0.2, 0.25) is 0 Å². The second kappa shape index (κ2) is 5.75. The Hall–Kier alpha value is -2.04. The van der Waals surface area contributed by atoms with Gasteiger partial charge in [0.05, 0.1) is 32.0 Å². The van der Waals surface area contributed by atoms with Crippen molar-refractivity contribution in [2.24, 2.45) is 0 Å². The molecular weight excluding hydrogens is 208 g/mol. The van der Waals surface area contributed by atoms with E-state index in [0.29, 0.717) is 17.3 Å². The largest absolute Gasteiger partial charge is 0.481 e. The first kappa shape index (κ1) is 12.0. The van der Waals surface area contributed by atoms with E-state index < -0.39 is 0 Å². The maximum absolute atomic E-state index is 10.9. The summed E-state index contributed by atoms with van der Waals surface area (Å²) in [5, 5.41) is 0. The van der Waals surface area contributed by atoms with E-state index in [2.05, 4.69) is 9.72 Å². The number of nitrogens with zero attached hydrogens (tertiary/aromatic N) is 1. The predicted molar refractivity (Wildman–Crippen MR) is 60.9 cm³/mol. The summed E-state index contributed by atoms with van der Waals surface area (Å²) in [4.78, 5) is 15.0. The molecule has 2 N–H and O–H groups in total. The third kappa shape index (κ3) is 3.27. The molecule has 0 spiro atoms. The molecule has 1 heterocycles. The molecule has 0 aromatic carbocycles. The summed E-state index contributed by atoms with van der Waals surface area (Å²) >= 11 is 0. The number of esters is 1. The first-order valence-corrected chi connectivity index (χ1v) is 4.71. The van der Waals surface area contributed by atoms with Gasteiger partial charge in [0.1, 0.15) is 0 Å². The molecule has 0 fully saturated rings. The average molecular weight is 222 g/mol.